The predicted molar refractivity (Wildman–Crippen MR) is 78.1 cm³/mol. The van der Waals surface area contributed by atoms with Crippen LogP contribution in [0, 0.1) is 19.7 Å². The molecule has 0 saturated carbocycles. The number of benzene rings is 1. The van der Waals surface area contributed by atoms with Gasteiger partial charge in [0.25, 0.3) is 0 Å². The average Bonchev–Trinajstić information content (AvgIpc) is 2.41. The molecule has 0 unspecified atom stereocenters. The third-order valence-electron chi connectivity index (χ3n) is 3.33. The molecule has 0 radical (unpaired) electrons. The van der Waals surface area contributed by atoms with Gasteiger partial charge in [0.05, 0.1) is 0 Å². The molecule has 0 saturated heterocycles. The standard InChI is InChI=1S/C16H20FN3/c1-4-18-10-14-11(2)19-16(20-12(14)3)9-13-7-5-6-8-15(13)17/h5-8,18H,4,9-10H2,1-3H3. The SMILES string of the molecule is CCNCc1c(C)nc(Cc2ccccc2F)nc1C. The van der Waals surface area contributed by atoms with E-state index < -0.39 is 0 Å². The average molecular weight is 273 g/mol. The largest absolute Gasteiger partial charge is 0.313 e. The summed E-state index contributed by atoms with van der Waals surface area (Å²) in [5.41, 5.74) is 3.68. The summed E-state index contributed by atoms with van der Waals surface area (Å²) >= 11 is 0. The molecule has 0 aliphatic rings. The molecule has 0 bridgehead atoms. The van der Waals surface area contributed by atoms with E-state index in [9.17, 15) is 4.39 Å². The van der Waals surface area contributed by atoms with Gasteiger partial charge in [0.15, 0.2) is 0 Å². The first-order chi connectivity index (χ1) is 9.61. The van der Waals surface area contributed by atoms with Crippen LogP contribution in [0.3, 0.4) is 0 Å². The van der Waals surface area contributed by atoms with Gasteiger partial charge in [0.2, 0.25) is 0 Å². The molecule has 1 heterocycles. The fourth-order valence-corrected chi connectivity index (χ4v) is 2.21. The Kier molecular flexibility index (Phi) is 4.79. The third-order valence-corrected chi connectivity index (χ3v) is 3.33. The van der Waals surface area contributed by atoms with Crippen LogP contribution in [0.25, 0.3) is 0 Å². The van der Waals surface area contributed by atoms with Crippen LogP contribution in [0.4, 0.5) is 4.39 Å². The third kappa shape index (κ3) is 3.39. The summed E-state index contributed by atoms with van der Waals surface area (Å²) in [6.07, 6.45) is 0.426. The van der Waals surface area contributed by atoms with Crippen LogP contribution in [0.5, 0.6) is 0 Å². The first kappa shape index (κ1) is 14.6. The first-order valence-electron chi connectivity index (χ1n) is 6.89. The van der Waals surface area contributed by atoms with Crippen LogP contribution >= 0.6 is 0 Å². The molecule has 3 nitrogen and oxygen atoms in total. The highest BCUT2D eigenvalue weighted by Gasteiger charge is 2.10. The molecule has 2 aromatic rings. The molecule has 0 aliphatic carbocycles. The number of nitrogens with zero attached hydrogens (tertiary/aromatic N) is 2. The maximum atomic E-state index is 13.7. The number of halogens is 1. The van der Waals surface area contributed by atoms with Crippen molar-refractivity contribution in [1.82, 2.24) is 15.3 Å². The van der Waals surface area contributed by atoms with Crippen molar-refractivity contribution < 1.29 is 4.39 Å². The molecule has 0 spiro atoms. The Labute approximate surface area is 119 Å². The zero-order valence-corrected chi connectivity index (χ0v) is 12.2. The number of hydrogen-bond acceptors (Lipinski definition) is 3. The van der Waals surface area contributed by atoms with Gasteiger partial charge in [-0.1, -0.05) is 25.1 Å². The lowest BCUT2D eigenvalue weighted by Gasteiger charge is -2.11. The molecule has 1 N–H and O–H groups in total. The Morgan fingerprint density at radius 1 is 1.10 bits per heavy atom. The van der Waals surface area contributed by atoms with Crippen molar-refractivity contribution in [3.05, 3.63) is 58.4 Å². The summed E-state index contributed by atoms with van der Waals surface area (Å²) in [6.45, 7) is 7.71. The topological polar surface area (TPSA) is 37.8 Å². The van der Waals surface area contributed by atoms with Crippen LogP contribution in [0.2, 0.25) is 0 Å². The Morgan fingerprint density at radius 2 is 1.75 bits per heavy atom. The normalized spacial score (nSPS) is 10.8. The number of nitrogens with one attached hydrogen (secondary N) is 1. The molecule has 4 heteroatoms. The summed E-state index contributed by atoms with van der Waals surface area (Å²) in [6, 6.07) is 6.76. The van der Waals surface area contributed by atoms with Crippen LogP contribution in [0.15, 0.2) is 24.3 Å². The summed E-state index contributed by atoms with van der Waals surface area (Å²) in [7, 11) is 0. The van der Waals surface area contributed by atoms with E-state index in [1.165, 1.54) is 6.07 Å². The van der Waals surface area contributed by atoms with Gasteiger partial charge in [-0.05, 0) is 32.0 Å². The van der Waals surface area contributed by atoms with Crippen molar-refractivity contribution in [2.45, 2.75) is 33.7 Å². The van der Waals surface area contributed by atoms with E-state index in [2.05, 4.69) is 22.2 Å². The molecule has 1 aromatic heterocycles. The maximum Gasteiger partial charge on any atom is 0.133 e. The molecule has 106 valence electrons. The lowest BCUT2D eigenvalue weighted by molar-refractivity contribution is 0.611. The Morgan fingerprint density at radius 3 is 2.35 bits per heavy atom. The fourth-order valence-electron chi connectivity index (χ4n) is 2.21. The Balaban J connectivity index is 2.24. The number of hydrogen-bond donors (Lipinski definition) is 1. The molecular weight excluding hydrogens is 253 g/mol. The van der Waals surface area contributed by atoms with Crippen molar-refractivity contribution in [3.63, 3.8) is 0 Å². The van der Waals surface area contributed by atoms with Gasteiger partial charge in [-0.2, -0.15) is 0 Å². The molecular formula is C16H20FN3. The van der Waals surface area contributed by atoms with Gasteiger partial charge >= 0.3 is 0 Å². The second-order valence-corrected chi connectivity index (χ2v) is 4.84. The Hall–Kier alpha value is -1.81. The quantitative estimate of drug-likeness (QED) is 0.910. The van der Waals surface area contributed by atoms with Crippen molar-refractivity contribution in [2.75, 3.05) is 6.54 Å². The number of rotatable bonds is 5. The van der Waals surface area contributed by atoms with E-state index in [4.69, 9.17) is 0 Å². The van der Waals surface area contributed by atoms with E-state index in [-0.39, 0.29) is 5.82 Å². The van der Waals surface area contributed by atoms with Crippen molar-refractivity contribution >= 4 is 0 Å². The van der Waals surface area contributed by atoms with E-state index in [0.29, 0.717) is 17.8 Å². The smallest absolute Gasteiger partial charge is 0.133 e. The zero-order chi connectivity index (χ0) is 14.5. The van der Waals surface area contributed by atoms with E-state index >= 15 is 0 Å². The zero-order valence-electron chi connectivity index (χ0n) is 12.2. The van der Waals surface area contributed by atoms with Crippen LogP contribution in [-0.4, -0.2) is 16.5 Å². The minimum Gasteiger partial charge on any atom is -0.313 e. The molecule has 2 rings (SSSR count). The van der Waals surface area contributed by atoms with Gasteiger partial charge in [0.1, 0.15) is 11.6 Å². The summed E-state index contributed by atoms with van der Waals surface area (Å²) in [5, 5.41) is 3.28. The summed E-state index contributed by atoms with van der Waals surface area (Å²) in [4.78, 5) is 9.01. The highest BCUT2D eigenvalue weighted by molar-refractivity contribution is 5.27. The van der Waals surface area contributed by atoms with Gasteiger partial charge in [-0.3, -0.25) is 0 Å². The summed E-state index contributed by atoms with van der Waals surface area (Å²) in [5.74, 6) is 0.466. The molecule has 0 amide bonds. The van der Waals surface area contributed by atoms with Crippen molar-refractivity contribution in [1.29, 1.82) is 0 Å². The molecule has 0 atom stereocenters. The monoisotopic (exact) mass is 273 g/mol. The fraction of sp³-hybridized carbons (Fsp3) is 0.375. The minimum atomic E-state index is -0.205. The van der Waals surface area contributed by atoms with Gasteiger partial charge < -0.3 is 5.32 Å². The van der Waals surface area contributed by atoms with Crippen molar-refractivity contribution in [3.8, 4) is 0 Å². The number of aryl methyl sites for hydroxylation is 2. The van der Waals surface area contributed by atoms with Crippen LogP contribution < -0.4 is 5.32 Å². The second kappa shape index (κ2) is 6.57. The maximum absolute atomic E-state index is 13.7. The molecule has 1 aromatic carbocycles. The molecule has 0 fully saturated rings. The van der Waals surface area contributed by atoms with E-state index in [1.54, 1.807) is 12.1 Å². The van der Waals surface area contributed by atoms with Gasteiger partial charge in [-0.25, -0.2) is 14.4 Å². The van der Waals surface area contributed by atoms with Crippen molar-refractivity contribution in [2.24, 2.45) is 0 Å². The van der Waals surface area contributed by atoms with E-state index in [1.807, 2.05) is 19.9 Å². The molecule has 0 aliphatic heterocycles. The minimum absolute atomic E-state index is 0.205. The van der Waals surface area contributed by atoms with Gasteiger partial charge in [-0.15, -0.1) is 0 Å². The Bertz CT molecular complexity index is 573. The predicted octanol–water partition coefficient (Wildman–Crippen LogP) is 2.93. The lowest BCUT2D eigenvalue weighted by atomic mass is 10.1. The summed E-state index contributed by atoms with van der Waals surface area (Å²) < 4.78 is 13.7. The van der Waals surface area contributed by atoms with Crippen LogP contribution in [-0.2, 0) is 13.0 Å². The molecule has 20 heavy (non-hydrogen) atoms. The highest BCUT2D eigenvalue weighted by atomic mass is 19.1. The van der Waals surface area contributed by atoms with Crippen LogP contribution in [0.1, 0.15) is 35.3 Å². The van der Waals surface area contributed by atoms with E-state index in [0.717, 1.165) is 30.0 Å². The second-order valence-electron chi connectivity index (χ2n) is 4.84. The lowest BCUT2D eigenvalue weighted by Crippen LogP contribution is -2.16. The number of aromatic nitrogens is 2. The van der Waals surface area contributed by atoms with Gasteiger partial charge in [0, 0.05) is 29.9 Å². The highest BCUT2D eigenvalue weighted by Crippen LogP contribution is 2.14. The first-order valence-corrected chi connectivity index (χ1v) is 6.89.